The van der Waals surface area contributed by atoms with Crippen molar-refractivity contribution in [2.24, 2.45) is 0 Å². The van der Waals surface area contributed by atoms with Crippen LogP contribution in [-0.4, -0.2) is 27.5 Å². The number of carbonyl (C=O) groups excluding carboxylic acids is 1. The Morgan fingerprint density at radius 1 is 1.03 bits per heavy atom. The van der Waals surface area contributed by atoms with E-state index in [1.807, 2.05) is 13.0 Å². The average molecular weight is 527 g/mol. The van der Waals surface area contributed by atoms with Gasteiger partial charge in [-0.25, -0.2) is 13.2 Å². The molecule has 0 spiro atoms. The van der Waals surface area contributed by atoms with Gasteiger partial charge in [-0.05, 0) is 43.2 Å². The van der Waals surface area contributed by atoms with Gasteiger partial charge in [0.1, 0.15) is 11.1 Å². The van der Waals surface area contributed by atoms with Gasteiger partial charge >= 0.3 is 11.6 Å². The van der Waals surface area contributed by atoms with Gasteiger partial charge in [-0.3, -0.25) is 4.79 Å². The summed E-state index contributed by atoms with van der Waals surface area (Å²) < 4.78 is 38.6. The van der Waals surface area contributed by atoms with Crippen molar-refractivity contribution in [3.05, 3.63) is 99.4 Å². The molecular formula is C26H23ClN2O6S. The fourth-order valence-corrected chi connectivity index (χ4v) is 5.12. The van der Waals surface area contributed by atoms with E-state index in [4.69, 9.17) is 20.8 Å². The minimum atomic E-state index is -4.00. The van der Waals surface area contributed by atoms with E-state index in [1.165, 1.54) is 25.3 Å². The molecular weight excluding hydrogens is 504 g/mol. The van der Waals surface area contributed by atoms with E-state index in [-0.39, 0.29) is 33.4 Å². The molecule has 1 heterocycles. The van der Waals surface area contributed by atoms with Crippen molar-refractivity contribution in [1.82, 2.24) is 4.72 Å². The van der Waals surface area contributed by atoms with Crippen molar-refractivity contribution in [2.45, 2.75) is 24.3 Å². The summed E-state index contributed by atoms with van der Waals surface area (Å²) in [6.45, 7) is 1.85. The van der Waals surface area contributed by atoms with E-state index in [1.54, 1.807) is 48.5 Å². The number of rotatable bonds is 8. The number of nitrogens with one attached hydrogen (secondary N) is 2. The predicted octanol–water partition coefficient (Wildman–Crippen LogP) is 4.29. The number of hydrogen-bond donors (Lipinski definition) is 2. The zero-order valence-electron chi connectivity index (χ0n) is 19.4. The highest BCUT2D eigenvalue weighted by molar-refractivity contribution is 7.89. The molecule has 4 aromatic rings. The maximum Gasteiger partial charge on any atom is 0.346 e. The molecule has 0 fully saturated rings. The number of aryl methyl sites for hydroxylation is 1. The Morgan fingerprint density at radius 2 is 1.72 bits per heavy atom. The van der Waals surface area contributed by atoms with Crippen LogP contribution < -0.4 is 20.4 Å². The highest BCUT2D eigenvalue weighted by Gasteiger charge is 2.26. The van der Waals surface area contributed by atoms with Crippen LogP contribution in [0.1, 0.15) is 11.1 Å². The van der Waals surface area contributed by atoms with Crippen molar-refractivity contribution in [2.75, 3.05) is 12.4 Å². The third-order valence-electron chi connectivity index (χ3n) is 5.52. The van der Waals surface area contributed by atoms with Crippen LogP contribution in [0, 0.1) is 6.92 Å². The minimum absolute atomic E-state index is 0.0471. The van der Waals surface area contributed by atoms with Gasteiger partial charge < -0.3 is 14.5 Å². The number of carbonyl (C=O) groups is 1. The zero-order valence-corrected chi connectivity index (χ0v) is 21.0. The molecule has 0 aliphatic heterocycles. The normalized spacial score (nSPS) is 12.3. The van der Waals surface area contributed by atoms with Crippen LogP contribution in [0.25, 0.3) is 10.8 Å². The number of ether oxygens (including phenoxy) is 1. The Hall–Kier alpha value is -3.66. The second-order valence-corrected chi connectivity index (χ2v) is 10.2. The molecule has 186 valence electrons. The lowest BCUT2D eigenvalue weighted by Crippen LogP contribution is -2.45. The van der Waals surface area contributed by atoms with Crippen molar-refractivity contribution >= 4 is 44.0 Å². The molecule has 0 radical (unpaired) electrons. The van der Waals surface area contributed by atoms with Crippen molar-refractivity contribution in [3.63, 3.8) is 0 Å². The number of halogens is 1. The standard InChI is InChI=1S/C26H23ClN2O6S/c1-16-8-11-19(12-9-16)36(32,33)29-22(14-17-6-4-3-5-7-17)24(30)28-18-10-13-20-21(15-18)25(31)35-26(34-2)23(20)27/h3-13,15,22,29H,14H2,1-2H3,(H,28,30)/t22-/m0/s1. The number of benzene rings is 3. The highest BCUT2D eigenvalue weighted by atomic mass is 35.5. The lowest BCUT2D eigenvalue weighted by Gasteiger charge is -2.19. The summed E-state index contributed by atoms with van der Waals surface area (Å²) in [7, 11) is -2.67. The summed E-state index contributed by atoms with van der Waals surface area (Å²) in [4.78, 5) is 25.7. The first-order chi connectivity index (χ1) is 17.2. The molecule has 0 bridgehead atoms. The molecule has 10 heteroatoms. The minimum Gasteiger partial charge on any atom is -0.467 e. The average Bonchev–Trinajstić information content (AvgIpc) is 2.86. The molecule has 4 rings (SSSR count). The monoisotopic (exact) mass is 526 g/mol. The number of fused-ring (bicyclic) bond motifs is 1. The topological polar surface area (TPSA) is 115 Å². The van der Waals surface area contributed by atoms with E-state index < -0.39 is 27.6 Å². The Labute approximate surface area is 212 Å². The van der Waals surface area contributed by atoms with Crippen LogP contribution in [0.4, 0.5) is 5.69 Å². The molecule has 3 aromatic carbocycles. The van der Waals surface area contributed by atoms with Crippen LogP contribution in [-0.2, 0) is 21.2 Å². The molecule has 0 aliphatic carbocycles. The van der Waals surface area contributed by atoms with Gasteiger partial charge in [0.2, 0.25) is 15.9 Å². The first kappa shape index (κ1) is 25.4. The van der Waals surface area contributed by atoms with Crippen LogP contribution >= 0.6 is 11.6 Å². The van der Waals surface area contributed by atoms with Crippen LogP contribution in [0.15, 0.2) is 86.9 Å². The summed E-state index contributed by atoms with van der Waals surface area (Å²) in [6.07, 6.45) is 0.108. The first-order valence-corrected chi connectivity index (χ1v) is 12.8. The second kappa shape index (κ2) is 10.5. The van der Waals surface area contributed by atoms with E-state index in [2.05, 4.69) is 10.0 Å². The van der Waals surface area contributed by atoms with Gasteiger partial charge in [-0.15, -0.1) is 0 Å². The molecule has 1 atom stereocenters. The lowest BCUT2D eigenvalue weighted by atomic mass is 10.1. The lowest BCUT2D eigenvalue weighted by molar-refractivity contribution is -0.117. The second-order valence-electron chi connectivity index (χ2n) is 8.12. The van der Waals surface area contributed by atoms with E-state index in [0.29, 0.717) is 5.39 Å². The Balaban J connectivity index is 1.64. The Kier molecular flexibility index (Phi) is 7.44. The van der Waals surface area contributed by atoms with Gasteiger partial charge in [0.05, 0.1) is 17.4 Å². The van der Waals surface area contributed by atoms with Crippen LogP contribution in [0.5, 0.6) is 5.95 Å². The maximum absolute atomic E-state index is 13.3. The molecule has 8 nitrogen and oxygen atoms in total. The molecule has 1 aromatic heterocycles. The van der Waals surface area contributed by atoms with Crippen molar-refractivity contribution in [3.8, 4) is 5.95 Å². The Bertz CT molecular complexity index is 1570. The summed E-state index contributed by atoms with van der Waals surface area (Å²) in [5.74, 6) is -0.711. The number of sulfonamides is 1. The first-order valence-electron chi connectivity index (χ1n) is 10.9. The quantitative estimate of drug-likeness (QED) is 0.354. The molecule has 1 amide bonds. The predicted molar refractivity (Wildman–Crippen MR) is 138 cm³/mol. The van der Waals surface area contributed by atoms with Crippen LogP contribution in [0.3, 0.4) is 0 Å². The van der Waals surface area contributed by atoms with Gasteiger partial charge in [0.15, 0.2) is 0 Å². The smallest absolute Gasteiger partial charge is 0.346 e. The molecule has 0 aliphatic rings. The number of hydrogen-bond acceptors (Lipinski definition) is 6. The molecule has 2 N–H and O–H groups in total. The van der Waals surface area contributed by atoms with E-state index in [9.17, 15) is 18.0 Å². The third kappa shape index (κ3) is 5.59. The van der Waals surface area contributed by atoms with Gasteiger partial charge in [0, 0.05) is 11.1 Å². The third-order valence-corrected chi connectivity index (χ3v) is 7.37. The zero-order chi connectivity index (χ0) is 25.9. The highest BCUT2D eigenvalue weighted by Crippen LogP contribution is 2.31. The SMILES string of the molecule is COc1oc(=O)c2cc(NC(=O)[C@H](Cc3ccccc3)NS(=O)(=O)c3ccc(C)cc3)ccc2c1Cl. The summed E-state index contributed by atoms with van der Waals surface area (Å²) in [6, 6.07) is 18.8. The van der Waals surface area contributed by atoms with Gasteiger partial charge in [-0.1, -0.05) is 65.7 Å². The maximum atomic E-state index is 13.3. The molecule has 0 saturated carbocycles. The van der Waals surface area contributed by atoms with E-state index >= 15 is 0 Å². The number of methoxy groups -OCH3 is 1. The van der Waals surface area contributed by atoms with Crippen LogP contribution in [0.2, 0.25) is 5.02 Å². The fourth-order valence-electron chi connectivity index (χ4n) is 3.65. The molecule has 0 saturated heterocycles. The van der Waals surface area contributed by atoms with Gasteiger partial charge in [-0.2, -0.15) is 4.72 Å². The Morgan fingerprint density at radius 3 is 2.39 bits per heavy atom. The van der Waals surface area contributed by atoms with Gasteiger partial charge in [0.25, 0.3) is 0 Å². The molecule has 0 unspecified atom stereocenters. The molecule has 36 heavy (non-hydrogen) atoms. The largest absolute Gasteiger partial charge is 0.467 e. The fraction of sp³-hybridized carbons (Fsp3) is 0.154. The number of anilines is 1. The van der Waals surface area contributed by atoms with Crippen molar-refractivity contribution in [1.29, 1.82) is 0 Å². The summed E-state index contributed by atoms with van der Waals surface area (Å²) in [5.41, 5.74) is 1.25. The number of amides is 1. The summed E-state index contributed by atoms with van der Waals surface area (Å²) in [5, 5.41) is 3.34. The summed E-state index contributed by atoms with van der Waals surface area (Å²) >= 11 is 6.23. The van der Waals surface area contributed by atoms with Crippen molar-refractivity contribution < 1.29 is 22.4 Å². The van der Waals surface area contributed by atoms with E-state index in [0.717, 1.165) is 11.1 Å².